The zero-order valence-electron chi connectivity index (χ0n) is 21.8. The zero-order chi connectivity index (χ0) is 23.2. The molecule has 1 nitrogen and oxygen atoms in total. The average molecular weight is 449 g/mol. The minimum Gasteiger partial charge on any atom is -0.487 e. The van der Waals surface area contributed by atoms with Crippen molar-refractivity contribution < 1.29 is 4.74 Å². The van der Waals surface area contributed by atoms with Crippen molar-refractivity contribution in [3.63, 3.8) is 0 Å². The highest BCUT2D eigenvalue weighted by Gasteiger charge is 2.34. The lowest BCUT2D eigenvalue weighted by atomic mass is 9.84. The van der Waals surface area contributed by atoms with Crippen LogP contribution in [-0.2, 0) is 6.42 Å². The molecule has 0 saturated carbocycles. The van der Waals surface area contributed by atoms with Crippen LogP contribution in [0.4, 0.5) is 0 Å². The molecule has 0 aliphatic carbocycles. The predicted molar refractivity (Wildman–Crippen MR) is 138 cm³/mol. The monoisotopic (exact) mass is 448 g/mol. The first-order valence-corrected chi connectivity index (χ1v) is 13.4. The van der Waals surface area contributed by atoms with Gasteiger partial charge in [-0.1, -0.05) is 84.2 Å². The van der Waals surface area contributed by atoms with Gasteiger partial charge in [0.1, 0.15) is 11.4 Å². The Balaban J connectivity index is 1.74. The van der Waals surface area contributed by atoms with Crippen molar-refractivity contribution in [1.29, 1.82) is 0 Å². The number of benzene rings is 1. The standard InChI is InChI=1S/C29H49ClO/c1-20(2)12-9-13-21(3)14-10-15-22(4)16-11-18-29(8)19-17-26-25(7)27(30)23(5)24(6)28(26)31-29/h20-22H,9-19H2,1-8H3/t21-,22-,29-/m1/s1. The second-order valence-electron chi connectivity index (χ2n) is 11.4. The van der Waals surface area contributed by atoms with E-state index in [2.05, 4.69) is 55.4 Å². The lowest BCUT2D eigenvalue weighted by Gasteiger charge is -2.38. The van der Waals surface area contributed by atoms with Crippen molar-refractivity contribution in [2.75, 3.05) is 0 Å². The summed E-state index contributed by atoms with van der Waals surface area (Å²) >= 11 is 6.55. The molecule has 0 saturated heterocycles. The average Bonchev–Trinajstić information content (AvgIpc) is 2.70. The van der Waals surface area contributed by atoms with Crippen molar-refractivity contribution in [1.82, 2.24) is 0 Å². The third-order valence-corrected chi connectivity index (χ3v) is 8.38. The Morgan fingerprint density at radius 2 is 1.35 bits per heavy atom. The molecule has 0 fully saturated rings. The molecule has 1 aliphatic rings. The smallest absolute Gasteiger partial charge is 0.126 e. The predicted octanol–water partition coefficient (Wildman–Crippen LogP) is 9.79. The number of hydrogen-bond donors (Lipinski definition) is 0. The largest absolute Gasteiger partial charge is 0.487 e. The van der Waals surface area contributed by atoms with Crippen LogP contribution in [0.2, 0.25) is 5.02 Å². The summed E-state index contributed by atoms with van der Waals surface area (Å²) in [7, 11) is 0. The SMILES string of the molecule is Cc1c(C)c2c(c(C)c1Cl)CC[C@@](C)(CCC[C@H](C)CCC[C@H](C)CCCC(C)C)O2. The molecule has 1 aromatic rings. The van der Waals surface area contributed by atoms with Gasteiger partial charge in [0.15, 0.2) is 0 Å². The maximum absolute atomic E-state index is 6.66. The second-order valence-corrected chi connectivity index (χ2v) is 11.8. The molecular formula is C29H49ClO. The van der Waals surface area contributed by atoms with E-state index in [4.69, 9.17) is 16.3 Å². The van der Waals surface area contributed by atoms with Crippen LogP contribution in [0.1, 0.15) is 121 Å². The Morgan fingerprint density at radius 1 is 0.806 bits per heavy atom. The summed E-state index contributed by atoms with van der Waals surface area (Å²) in [6.45, 7) is 18.3. The molecule has 0 N–H and O–H groups in total. The van der Waals surface area contributed by atoms with Crippen LogP contribution >= 0.6 is 11.6 Å². The van der Waals surface area contributed by atoms with Crippen LogP contribution in [0.15, 0.2) is 0 Å². The van der Waals surface area contributed by atoms with E-state index in [0.29, 0.717) is 0 Å². The number of halogens is 1. The van der Waals surface area contributed by atoms with Gasteiger partial charge in [-0.15, -0.1) is 0 Å². The van der Waals surface area contributed by atoms with E-state index in [9.17, 15) is 0 Å². The molecule has 178 valence electrons. The van der Waals surface area contributed by atoms with Crippen molar-refractivity contribution >= 4 is 11.6 Å². The molecule has 0 radical (unpaired) electrons. The Hall–Kier alpha value is -0.690. The minimum absolute atomic E-state index is 0.0326. The fourth-order valence-corrected chi connectivity index (χ4v) is 5.51. The molecule has 0 unspecified atom stereocenters. The van der Waals surface area contributed by atoms with Crippen LogP contribution in [0.25, 0.3) is 0 Å². The van der Waals surface area contributed by atoms with Gasteiger partial charge < -0.3 is 4.74 Å². The molecule has 3 atom stereocenters. The molecular weight excluding hydrogens is 400 g/mol. The second kappa shape index (κ2) is 12.0. The summed E-state index contributed by atoms with van der Waals surface area (Å²) in [6.07, 6.45) is 14.3. The van der Waals surface area contributed by atoms with Gasteiger partial charge in [-0.2, -0.15) is 0 Å². The molecule has 0 aromatic heterocycles. The van der Waals surface area contributed by atoms with E-state index < -0.39 is 0 Å². The van der Waals surface area contributed by atoms with E-state index in [1.807, 2.05) is 0 Å². The number of fused-ring (bicyclic) bond motifs is 1. The molecule has 2 rings (SSSR count). The molecule has 1 aliphatic heterocycles. The van der Waals surface area contributed by atoms with Gasteiger partial charge >= 0.3 is 0 Å². The van der Waals surface area contributed by atoms with Crippen molar-refractivity contribution in [3.8, 4) is 5.75 Å². The van der Waals surface area contributed by atoms with Crippen LogP contribution in [0, 0.1) is 38.5 Å². The Bertz CT molecular complexity index is 707. The van der Waals surface area contributed by atoms with E-state index in [-0.39, 0.29) is 5.60 Å². The maximum Gasteiger partial charge on any atom is 0.126 e. The quantitative estimate of drug-likeness (QED) is 0.309. The lowest BCUT2D eigenvalue weighted by molar-refractivity contribution is 0.0513. The normalized spacial score (nSPS) is 20.5. The van der Waals surface area contributed by atoms with Crippen LogP contribution in [0.3, 0.4) is 0 Å². The van der Waals surface area contributed by atoms with Gasteiger partial charge in [-0.05, 0) is 93.4 Å². The number of ether oxygens (including phenoxy) is 1. The Kier molecular flexibility index (Phi) is 10.3. The first-order chi connectivity index (χ1) is 14.5. The molecule has 31 heavy (non-hydrogen) atoms. The van der Waals surface area contributed by atoms with Gasteiger partial charge in [-0.3, -0.25) is 0 Å². The summed E-state index contributed by atoms with van der Waals surface area (Å²) in [5.74, 6) is 3.69. The highest BCUT2D eigenvalue weighted by Crippen LogP contribution is 2.43. The van der Waals surface area contributed by atoms with Gasteiger partial charge in [0, 0.05) is 5.02 Å². The fourth-order valence-electron chi connectivity index (χ4n) is 5.25. The molecule has 1 aromatic carbocycles. The van der Waals surface area contributed by atoms with Crippen molar-refractivity contribution in [2.24, 2.45) is 17.8 Å². The zero-order valence-corrected chi connectivity index (χ0v) is 22.6. The Morgan fingerprint density at radius 3 is 1.94 bits per heavy atom. The molecule has 0 bridgehead atoms. The fraction of sp³-hybridized carbons (Fsp3) is 0.793. The van der Waals surface area contributed by atoms with E-state index in [0.717, 1.165) is 47.8 Å². The van der Waals surface area contributed by atoms with E-state index in [1.54, 1.807) is 0 Å². The molecule has 0 spiro atoms. The summed E-state index contributed by atoms with van der Waals surface area (Å²) in [4.78, 5) is 0. The summed E-state index contributed by atoms with van der Waals surface area (Å²) in [5, 5.41) is 0.923. The van der Waals surface area contributed by atoms with Gasteiger partial charge in [0.05, 0.1) is 0 Å². The van der Waals surface area contributed by atoms with Crippen molar-refractivity contribution in [2.45, 2.75) is 132 Å². The molecule has 2 heteroatoms. The van der Waals surface area contributed by atoms with Crippen molar-refractivity contribution in [3.05, 3.63) is 27.3 Å². The van der Waals surface area contributed by atoms with E-state index >= 15 is 0 Å². The van der Waals surface area contributed by atoms with Crippen LogP contribution in [-0.4, -0.2) is 5.60 Å². The minimum atomic E-state index is -0.0326. The Labute approximate surface area is 198 Å². The van der Waals surface area contributed by atoms with E-state index in [1.165, 1.54) is 73.6 Å². The molecule has 1 heterocycles. The number of rotatable bonds is 12. The third kappa shape index (κ3) is 7.69. The lowest BCUT2D eigenvalue weighted by Crippen LogP contribution is -2.37. The third-order valence-electron chi connectivity index (χ3n) is 7.82. The van der Waals surface area contributed by atoms with Gasteiger partial charge in [0.25, 0.3) is 0 Å². The van der Waals surface area contributed by atoms with Crippen LogP contribution in [0.5, 0.6) is 5.75 Å². The highest BCUT2D eigenvalue weighted by molar-refractivity contribution is 6.32. The topological polar surface area (TPSA) is 9.23 Å². The van der Waals surface area contributed by atoms with Crippen LogP contribution < -0.4 is 4.74 Å². The number of hydrogen-bond acceptors (Lipinski definition) is 1. The summed E-state index contributed by atoms with van der Waals surface area (Å²) in [5.41, 5.74) is 4.92. The maximum atomic E-state index is 6.66. The first kappa shape index (κ1) is 26.6. The summed E-state index contributed by atoms with van der Waals surface area (Å²) in [6, 6.07) is 0. The first-order valence-electron chi connectivity index (χ1n) is 13.0. The van der Waals surface area contributed by atoms with Gasteiger partial charge in [0.2, 0.25) is 0 Å². The highest BCUT2D eigenvalue weighted by atomic mass is 35.5. The van der Waals surface area contributed by atoms with Gasteiger partial charge in [-0.25, -0.2) is 0 Å². The summed E-state index contributed by atoms with van der Waals surface area (Å²) < 4.78 is 6.66. The molecule has 0 amide bonds.